The van der Waals surface area contributed by atoms with Gasteiger partial charge < -0.3 is 14.6 Å². The zero-order valence-electron chi connectivity index (χ0n) is 29.9. The van der Waals surface area contributed by atoms with E-state index >= 15 is 0 Å². The van der Waals surface area contributed by atoms with E-state index in [4.69, 9.17) is 9.47 Å². The van der Waals surface area contributed by atoms with Crippen molar-refractivity contribution in [1.82, 2.24) is 0 Å². The molecule has 0 rings (SSSR count). The average Bonchev–Trinajstić information content (AvgIpc) is 3.04. The summed E-state index contributed by atoms with van der Waals surface area (Å²) < 4.78 is 10.6. The molecule has 0 aliphatic heterocycles. The van der Waals surface area contributed by atoms with Gasteiger partial charge >= 0.3 is 11.9 Å². The third-order valence-electron chi connectivity index (χ3n) is 8.50. The van der Waals surface area contributed by atoms with Gasteiger partial charge in [0.15, 0.2) is 6.10 Å². The summed E-state index contributed by atoms with van der Waals surface area (Å²) in [5.41, 5.74) is 0. The third-order valence-corrected chi connectivity index (χ3v) is 8.50. The van der Waals surface area contributed by atoms with Crippen LogP contribution in [0.5, 0.6) is 0 Å². The van der Waals surface area contributed by atoms with Crippen molar-refractivity contribution in [3.05, 3.63) is 24.3 Å². The fraction of sp³-hybridized carbons (Fsp3) is 0.850. The van der Waals surface area contributed by atoms with E-state index in [1.165, 1.54) is 128 Å². The van der Waals surface area contributed by atoms with E-state index < -0.39 is 6.10 Å². The van der Waals surface area contributed by atoms with Gasteiger partial charge in [-0.3, -0.25) is 9.59 Å². The fourth-order valence-corrected chi connectivity index (χ4v) is 5.53. The first-order chi connectivity index (χ1) is 22.1. The van der Waals surface area contributed by atoms with Crippen LogP contribution in [0.2, 0.25) is 0 Å². The molecule has 0 aliphatic carbocycles. The molecule has 0 saturated heterocycles. The number of carbonyl (C=O) groups excluding carboxylic acids is 2. The van der Waals surface area contributed by atoms with Gasteiger partial charge in [0.1, 0.15) is 6.61 Å². The zero-order chi connectivity index (χ0) is 32.9. The zero-order valence-corrected chi connectivity index (χ0v) is 29.9. The Morgan fingerprint density at radius 2 is 0.889 bits per heavy atom. The van der Waals surface area contributed by atoms with Gasteiger partial charge in [-0.1, -0.05) is 167 Å². The van der Waals surface area contributed by atoms with E-state index in [1.54, 1.807) is 0 Å². The Balaban J connectivity index is 3.53. The van der Waals surface area contributed by atoms with Gasteiger partial charge in [0.25, 0.3) is 0 Å². The Morgan fingerprint density at radius 1 is 0.511 bits per heavy atom. The van der Waals surface area contributed by atoms with Crippen molar-refractivity contribution in [3.63, 3.8) is 0 Å². The summed E-state index contributed by atoms with van der Waals surface area (Å²) in [6.45, 7) is 4.11. The van der Waals surface area contributed by atoms with Crippen LogP contribution in [0.3, 0.4) is 0 Å². The predicted octanol–water partition coefficient (Wildman–Crippen LogP) is 11.9. The van der Waals surface area contributed by atoms with E-state index in [0.29, 0.717) is 12.8 Å². The molecule has 1 atom stereocenters. The first-order valence-electron chi connectivity index (χ1n) is 19.4. The van der Waals surface area contributed by atoms with Crippen LogP contribution in [0.1, 0.15) is 200 Å². The Morgan fingerprint density at radius 3 is 1.31 bits per heavy atom. The van der Waals surface area contributed by atoms with Gasteiger partial charge in [-0.2, -0.15) is 0 Å². The first kappa shape index (κ1) is 43.4. The van der Waals surface area contributed by atoms with Crippen LogP contribution < -0.4 is 0 Å². The molecule has 0 aromatic heterocycles. The molecular weight excluding hydrogens is 560 g/mol. The lowest BCUT2D eigenvalue weighted by atomic mass is 10.1. The molecule has 0 aliphatic rings. The molecular formula is C40H74O5. The lowest BCUT2D eigenvalue weighted by Gasteiger charge is -2.15. The minimum atomic E-state index is -0.767. The van der Waals surface area contributed by atoms with Crippen molar-refractivity contribution in [2.75, 3.05) is 13.2 Å². The highest BCUT2D eigenvalue weighted by molar-refractivity contribution is 5.70. The van der Waals surface area contributed by atoms with Crippen molar-refractivity contribution >= 4 is 11.9 Å². The number of aliphatic hydroxyl groups is 1. The second-order valence-electron chi connectivity index (χ2n) is 13.0. The maximum absolute atomic E-state index is 12.1. The van der Waals surface area contributed by atoms with Gasteiger partial charge in [-0.05, 0) is 44.9 Å². The smallest absolute Gasteiger partial charge is 0.306 e. The normalized spacial score (nSPS) is 12.3. The minimum absolute atomic E-state index is 0.0637. The van der Waals surface area contributed by atoms with Crippen molar-refractivity contribution < 1.29 is 24.2 Å². The van der Waals surface area contributed by atoms with E-state index in [-0.39, 0.29) is 25.2 Å². The molecule has 1 unspecified atom stereocenters. The van der Waals surface area contributed by atoms with E-state index in [1.807, 2.05) is 0 Å². The molecule has 45 heavy (non-hydrogen) atoms. The van der Waals surface area contributed by atoms with Crippen LogP contribution in [0.15, 0.2) is 24.3 Å². The lowest BCUT2D eigenvalue weighted by Crippen LogP contribution is -2.28. The number of ether oxygens (including phenoxy) is 2. The van der Waals surface area contributed by atoms with Gasteiger partial charge in [0, 0.05) is 12.8 Å². The summed E-state index contributed by atoms with van der Waals surface area (Å²) >= 11 is 0. The van der Waals surface area contributed by atoms with Gasteiger partial charge in [0.05, 0.1) is 6.61 Å². The Kier molecular flexibility index (Phi) is 35.5. The average molecular weight is 635 g/mol. The standard InChI is InChI=1S/C40H74O5/c1-3-5-7-9-11-13-15-16-17-18-19-20-21-22-23-24-25-27-29-31-33-35-40(43)45-38(36-41)37-44-39(42)34-32-30-28-26-14-12-10-8-6-4-2/h15-16,18-19,38,41H,3-14,17,20-37H2,1-2H3/b16-15-,19-18-. The number of hydrogen-bond acceptors (Lipinski definition) is 5. The summed E-state index contributed by atoms with van der Waals surface area (Å²) in [6, 6.07) is 0. The number of rotatable bonds is 35. The van der Waals surface area contributed by atoms with Gasteiger partial charge in [0.2, 0.25) is 0 Å². The summed E-state index contributed by atoms with van der Waals surface area (Å²) in [5, 5.41) is 9.52. The summed E-state index contributed by atoms with van der Waals surface area (Å²) in [4.78, 5) is 24.2. The molecule has 5 heteroatoms. The highest BCUT2D eigenvalue weighted by Gasteiger charge is 2.16. The Bertz CT molecular complexity index is 686. The molecule has 1 N–H and O–H groups in total. The highest BCUT2D eigenvalue weighted by Crippen LogP contribution is 2.14. The quantitative estimate of drug-likeness (QED) is 0.0426. The monoisotopic (exact) mass is 635 g/mol. The molecule has 0 heterocycles. The van der Waals surface area contributed by atoms with Crippen molar-refractivity contribution in [3.8, 4) is 0 Å². The van der Waals surface area contributed by atoms with Crippen molar-refractivity contribution in [1.29, 1.82) is 0 Å². The number of aliphatic hydroxyl groups excluding tert-OH is 1. The van der Waals surface area contributed by atoms with Gasteiger partial charge in [-0.25, -0.2) is 0 Å². The van der Waals surface area contributed by atoms with Crippen LogP contribution in [0.4, 0.5) is 0 Å². The molecule has 0 aromatic rings. The molecule has 0 fully saturated rings. The predicted molar refractivity (Wildman–Crippen MR) is 191 cm³/mol. The number of carbonyl (C=O) groups is 2. The van der Waals surface area contributed by atoms with Gasteiger partial charge in [-0.15, -0.1) is 0 Å². The van der Waals surface area contributed by atoms with Crippen LogP contribution in [-0.4, -0.2) is 36.4 Å². The fourth-order valence-electron chi connectivity index (χ4n) is 5.53. The molecule has 5 nitrogen and oxygen atoms in total. The number of hydrogen-bond donors (Lipinski definition) is 1. The molecule has 0 amide bonds. The first-order valence-corrected chi connectivity index (χ1v) is 19.4. The molecule has 0 aromatic carbocycles. The largest absolute Gasteiger partial charge is 0.462 e. The van der Waals surface area contributed by atoms with Crippen LogP contribution in [0, 0.1) is 0 Å². The van der Waals surface area contributed by atoms with Crippen LogP contribution in [0.25, 0.3) is 0 Å². The second kappa shape index (κ2) is 36.8. The topological polar surface area (TPSA) is 72.8 Å². The van der Waals surface area contributed by atoms with E-state index in [0.717, 1.165) is 44.9 Å². The maximum Gasteiger partial charge on any atom is 0.306 e. The second-order valence-corrected chi connectivity index (χ2v) is 13.0. The van der Waals surface area contributed by atoms with Crippen LogP contribution in [-0.2, 0) is 19.1 Å². The van der Waals surface area contributed by atoms with E-state index in [2.05, 4.69) is 38.2 Å². The maximum atomic E-state index is 12.1. The molecule has 0 saturated carbocycles. The molecule has 264 valence electrons. The number of unbranched alkanes of at least 4 members (excludes halogenated alkanes) is 23. The third kappa shape index (κ3) is 35.1. The van der Waals surface area contributed by atoms with Crippen molar-refractivity contribution in [2.45, 2.75) is 206 Å². The molecule has 0 bridgehead atoms. The minimum Gasteiger partial charge on any atom is -0.462 e. The number of esters is 2. The summed E-state index contributed by atoms with van der Waals surface area (Å²) in [5.74, 6) is -0.592. The summed E-state index contributed by atoms with van der Waals surface area (Å²) in [7, 11) is 0. The van der Waals surface area contributed by atoms with Crippen LogP contribution >= 0.6 is 0 Å². The SMILES string of the molecule is CCCCCCC/C=C\C/C=C\CCCCCCCCCCCC(=O)OC(CO)COC(=O)CCCCCCCCCCCC. The van der Waals surface area contributed by atoms with Crippen molar-refractivity contribution in [2.24, 2.45) is 0 Å². The Labute approximate surface area is 279 Å². The number of allylic oxidation sites excluding steroid dienone is 4. The van der Waals surface area contributed by atoms with E-state index in [9.17, 15) is 14.7 Å². The summed E-state index contributed by atoms with van der Waals surface area (Å²) in [6.07, 6.45) is 42.4. The highest BCUT2D eigenvalue weighted by atomic mass is 16.6. The molecule has 0 spiro atoms. The molecule has 0 radical (unpaired) electrons. The lowest BCUT2D eigenvalue weighted by molar-refractivity contribution is -0.161. The Hall–Kier alpha value is -1.62.